The maximum atomic E-state index is 12.6. The van der Waals surface area contributed by atoms with E-state index in [4.69, 9.17) is 4.74 Å². The van der Waals surface area contributed by atoms with Gasteiger partial charge in [-0.1, -0.05) is 18.2 Å². The monoisotopic (exact) mass is 445 g/mol. The number of nitrogens with zero attached hydrogens (tertiary/aromatic N) is 3. The van der Waals surface area contributed by atoms with Crippen molar-refractivity contribution >= 4 is 17.0 Å². The van der Waals surface area contributed by atoms with Gasteiger partial charge in [-0.3, -0.25) is 4.99 Å². The van der Waals surface area contributed by atoms with Gasteiger partial charge in [0, 0.05) is 26.7 Å². The number of rotatable bonds is 10. The molecule has 172 valence electrons. The highest BCUT2D eigenvalue weighted by Gasteiger charge is 2.11. The number of guanidine groups is 1. The van der Waals surface area contributed by atoms with Gasteiger partial charge < -0.3 is 24.7 Å². The Balaban J connectivity index is 1.45. The highest BCUT2D eigenvalue weighted by atomic mass is 19.3. The molecule has 3 rings (SSSR count). The van der Waals surface area contributed by atoms with Crippen LogP contribution in [0.5, 0.6) is 11.5 Å². The van der Waals surface area contributed by atoms with E-state index in [9.17, 15) is 8.78 Å². The zero-order valence-corrected chi connectivity index (χ0v) is 18.6. The second-order valence-corrected chi connectivity index (χ2v) is 7.19. The molecule has 2 aromatic carbocycles. The maximum Gasteiger partial charge on any atom is 0.387 e. The molecular weight excluding hydrogens is 416 g/mol. The second-order valence-electron chi connectivity index (χ2n) is 7.19. The van der Waals surface area contributed by atoms with Gasteiger partial charge in [-0.25, -0.2) is 4.98 Å². The van der Waals surface area contributed by atoms with E-state index in [1.807, 2.05) is 31.2 Å². The molecule has 0 unspecified atom stereocenters. The smallest absolute Gasteiger partial charge is 0.387 e. The molecule has 32 heavy (non-hydrogen) atoms. The summed E-state index contributed by atoms with van der Waals surface area (Å²) >= 11 is 0. The van der Waals surface area contributed by atoms with E-state index in [2.05, 4.69) is 36.0 Å². The number of methoxy groups -OCH3 is 1. The van der Waals surface area contributed by atoms with Gasteiger partial charge in [0.05, 0.1) is 18.1 Å². The van der Waals surface area contributed by atoms with Crippen LogP contribution in [0.4, 0.5) is 8.78 Å². The summed E-state index contributed by atoms with van der Waals surface area (Å²) in [4.78, 5) is 8.83. The van der Waals surface area contributed by atoms with Crippen molar-refractivity contribution in [1.82, 2.24) is 20.2 Å². The fraction of sp³-hybridized carbons (Fsp3) is 0.391. The average Bonchev–Trinajstić information content (AvgIpc) is 3.10. The van der Waals surface area contributed by atoms with Crippen LogP contribution in [0.25, 0.3) is 11.0 Å². The average molecular weight is 446 g/mol. The van der Waals surface area contributed by atoms with E-state index < -0.39 is 6.61 Å². The molecule has 2 N–H and O–H groups in total. The Bertz CT molecular complexity index is 1050. The van der Waals surface area contributed by atoms with Crippen molar-refractivity contribution in [2.24, 2.45) is 4.99 Å². The van der Waals surface area contributed by atoms with E-state index >= 15 is 0 Å². The molecule has 0 saturated heterocycles. The third kappa shape index (κ3) is 6.09. The number of para-hydroxylation sites is 2. The number of aryl methyl sites for hydroxylation is 2. The quantitative estimate of drug-likeness (QED) is 0.283. The maximum absolute atomic E-state index is 12.6. The lowest BCUT2D eigenvalue weighted by Gasteiger charge is -2.14. The minimum Gasteiger partial charge on any atom is -0.493 e. The van der Waals surface area contributed by atoms with Crippen LogP contribution in [0.1, 0.15) is 17.8 Å². The van der Waals surface area contributed by atoms with E-state index in [1.54, 1.807) is 19.2 Å². The van der Waals surface area contributed by atoms with Crippen LogP contribution >= 0.6 is 0 Å². The predicted octanol–water partition coefficient (Wildman–Crippen LogP) is 3.75. The Hall–Kier alpha value is -3.36. The lowest BCUT2D eigenvalue weighted by atomic mass is 10.1. The van der Waals surface area contributed by atoms with Crippen LogP contribution in [0.2, 0.25) is 0 Å². The Kier molecular flexibility index (Phi) is 8.24. The number of hydrogen-bond acceptors (Lipinski definition) is 4. The molecule has 0 aliphatic rings. The highest BCUT2D eigenvalue weighted by Crippen LogP contribution is 2.29. The molecule has 7 nitrogen and oxygen atoms in total. The van der Waals surface area contributed by atoms with Crippen molar-refractivity contribution in [2.45, 2.75) is 32.9 Å². The van der Waals surface area contributed by atoms with E-state index in [0.717, 1.165) is 41.9 Å². The molecule has 0 bridgehead atoms. The first-order valence-electron chi connectivity index (χ1n) is 10.5. The van der Waals surface area contributed by atoms with Crippen molar-refractivity contribution in [2.75, 3.05) is 27.2 Å². The lowest BCUT2D eigenvalue weighted by molar-refractivity contribution is -0.0512. The first kappa shape index (κ1) is 23.3. The van der Waals surface area contributed by atoms with Crippen molar-refractivity contribution in [3.63, 3.8) is 0 Å². The Morgan fingerprint density at radius 3 is 2.66 bits per heavy atom. The topological polar surface area (TPSA) is 72.7 Å². The van der Waals surface area contributed by atoms with Gasteiger partial charge in [0.15, 0.2) is 17.5 Å². The van der Waals surface area contributed by atoms with Crippen LogP contribution in [-0.4, -0.2) is 49.4 Å². The van der Waals surface area contributed by atoms with E-state index in [0.29, 0.717) is 18.9 Å². The van der Waals surface area contributed by atoms with Crippen LogP contribution in [0, 0.1) is 6.92 Å². The zero-order chi connectivity index (χ0) is 22.9. The summed E-state index contributed by atoms with van der Waals surface area (Å²) in [6, 6.07) is 13.1. The van der Waals surface area contributed by atoms with Crippen molar-refractivity contribution in [3.05, 3.63) is 53.9 Å². The van der Waals surface area contributed by atoms with Crippen molar-refractivity contribution in [1.29, 1.82) is 0 Å². The fourth-order valence-corrected chi connectivity index (χ4v) is 3.53. The molecule has 3 aromatic rings. The number of alkyl halides is 2. The van der Waals surface area contributed by atoms with Crippen LogP contribution in [0.3, 0.4) is 0 Å². The van der Waals surface area contributed by atoms with Gasteiger partial charge in [0.25, 0.3) is 0 Å². The lowest BCUT2D eigenvalue weighted by Crippen LogP contribution is -2.39. The number of hydrogen-bond donors (Lipinski definition) is 2. The summed E-state index contributed by atoms with van der Waals surface area (Å²) in [7, 11) is 3.13. The Morgan fingerprint density at radius 2 is 1.91 bits per heavy atom. The standard InChI is InChI=1S/C23H29F2N5O2/c1-16-29-18-7-4-5-8-19(18)30(16)14-6-12-27-23(26-2)28-13-11-17-9-10-20(31-3)21(15-17)32-22(24)25/h4-5,7-10,15,22H,6,11-14H2,1-3H3,(H2,26,27,28). The van der Waals surface area contributed by atoms with Crippen LogP contribution in [-0.2, 0) is 13.0 Å². The summed E-state index contributed by atoms with van der Waals surface area (Å²) in [6.45, 7) is 1.32. The molecule has 0 aliphatic heterocycles. The number of nitrogens with one attached hydrogen (secondary N) is 2. The first-order valence-corrected chi connectivity index (χ1v) is 10.5. The minimum absolute atomic E-state index is 0.0322. The van der Waals surface area contributed by atoms with Gasteiger partial charge in [0.1, 0.15) is 5.82 Å². The van der Waals surface area contributed by atoms with Gasteiger partial charge >= 0.3 is 6.61 Å². The summed E-state index contributed by atoms with van der Waals surface area (Å²) in [5.74, 6) is 2.00. The number of halogens is 2. The molecule has 9 heteroatoms. The Labute approximate surface area is 186 Å². The van der Waals surface area contributed by atoms with Crippen molar-refractivity contribution in [3.8, 4) is 11.5 Å². The van der Waals surface area contributed by atoms with Gasteiger partial charge in [0.2, 0.25) is 0 Å². The van der Waals surface area contributed by atoms with Crippen LogP contribution in [0.15, 0.2) is 47.5 Å². The summed E-state index contributed by atoms with van der Waals surface area (Å²) in [5, 5.41) is 6.54. The molecule has 1 aromatic heterocycles. The largest absolute Gasteiger partial charge is 0.493 e. The molecule has 0 radical (unpaired) electrons. The number of aliphatic imine (C=N–C) groups is 1. The van der Waals surface area contributed by atoms with E-state index in [-0.39, 0.29) is 11.5 Å². The molecule has 0 fully saturated rings. The summed E-state index contributed by atoms with van der Waals surface area (Å²) in [6.07, 6.45) is 1.53. The molecular formula is C23H29F2N5O2. The number of fused-ring (bicyclic) bond motifs is 1. The van der Waals surface area contributed by atoms with Gasteiger partial charge in [-0.15, -0.1) is 0 Å². The number of ether oxygens (including phenoxy) is 2. The van der Waals surface area contributed by atoms with Crippen LogP contribution < -0.4 is 20.1 Å². The number of benzene rings is 2. The molecule has 0 spiro atoms. The molecule has 0 amide bonds. The first-order chi connectivity index (χ1) is 15.5. The number of imidazole rings is 1. The van der Waals surface area contributed by atoms with E-state index in [1.165, 1.54) is 7.11 Å². The third-order valence-electron chi connectivity index (χ3n) is 5.07. The number of aromatic nitrogens is 2. The third-order valence-corrected chi connectivity index (χ3v) is 5.07. The fourth-order valence-electron chi connectivity index (χ4n) is 3.53. The normalized spacial score (nSPS) is 11.8. The summed E-state index contributed by atoms with van der Waals surface area (Å²) in [5.41, 5.74) is 3.00. The zero-order valence-electron chi connectivity index (χ0n) is 18.6. The second kappa shape index (κ2) is 11.3. The summed E-state index contributed by atoms with van der Waals surface area (Å²) < 4.78 is 37.0. The molecule has 0 saturated carbocycles. The van der Waals surface area contributed by atoms with Gasteiger partial charge in [-0.05, 0) is 49.6 Å². The Morgan fingerprint density at radius 1 is 1.12 bits per heavy atom. The minimum atomic E-state index is -2.90. The highest BCUT2D eigenvalue weighted by molar-refractivity contribution is 5.79. The molecule has 0 aliphatic carbocycles. The molecule has 0 atom stereocenters. The predicted molar refractivity (Wildman–Crippen MR) is 122 cm³/mol. The SMILES string of the molecule is CN=C(NCCCn1c(C)nc2ccccc21)NCCc1ccc(OC)c(OC(F)F)c1. The van der Waals surface area contributed by atoms with Gasteiger partial charge in [-0.2, -0.15) is 8.78 Å². The molecule has 1 heterocycles. The van der Waals surface area contributed by atoms with Crippen molar-refractivity contribution < 1.29 is 18.3 Å².